The number of benzene rings is 1. The lowest BCUT2D eigenvalue weighted by molar-refractivity contribution is 0.0983. The van der Waals surface area contributed by atoms with E-state index in [0.29, 0.717) is 19.8 Å². The Balaban J connectivity index is 1.49. The predicted molar refractivity (Wildman–Crippen MR) is 72.3 cm³/mol. The summed E-state index contributed by atoms with van der Waals surface area (Å²) in [6.07, 6.45) is 3.41. The van der Waals surface area contributed by atoms with E-state index in [9.17, 15) is 0 Å². The van der Waals surface area contributed by atoms with Crippen LogP contribution in [0, 0.1) is 6.92 Å². The van der Waals surface area contributed by atoms with Gasteiger partial charge in [-0.1, -0.05) is 22.9 Å². The molecule has 0 N–H and O–H groups in total. The summed E-state index contributed by atoms with van der Waals surface area (Å²) in [5.41, 5.74) is 2.20. The summed E-state index contributed by atoms with van der Waals surface area (Å²) >= 11 is 0. The summed E-state index contributed by atoms with van der Waals surface area (Å²) in [6, 6.07) is 9.89. The monoisotopic (exact) mass is 261 g/mol. The Hall–Kier alpha value is -1.81. The Kier molecular flexibility index (Phi) is 5.44. The van der Waals surface area contributed by atoms with E-state index in [2.05, 4.69) is 12.1 Å². The minimum atomic E-state index is 0.576. The van der Waals surface area contributed by atoms with Gasteiger partial charge in [-0.25, -0.2) is 0 Å². The molecule has 19 heavy (non-hydrogen) atoms. The second kappa shape index (κ2) is 7.59. The highest BCUT2D eigenvalue weighted by atomic mass is 16.5. The van der Waals surface area contributed by atoms with Crippen LogP contribution < -0.4 is 4.74 Å². The number of aryl methyl sites for hydroxylation is 2. The zero-order valence-corrected chi connectivity index (χ0v) is 11.2. The van der Waals surface area contributed by atoms with Gasteiger partial charge in [-0.3, -0.25) is 0 Å². The SMILES string of the molecule is Cc1ccc(OCCOCCCc2ccon2)cc1. The van der Waals surface area contributed by atoms with E-state index in [1.165, 1.54) is 5.56 Å². The summed E-state index contributed by atoms with van der Waals surface area (Å²) in [4.78, 5) is 0. The third-order valence-electron chi connectivity index (χ3n) is 2.73. The molecule has 1 heterocycles. The second-order valence-electron chi connectivity index (χ2n) is 4.37. The molecule has 2 aromatic rings. The first kappa shape index (κ1) is 13.6. The molecule has 2 rings (SSSR count). The van der Waals surface area contributed by atoms with E-state index in [4.69, 9.17) is 14.0 Å². The van der Waals surface area contributed by atoms with Gasteiger partial charge in [-0.15, -0.1) is 0 Å². The maximum absolute atomic E-state index is 5.56. The zero-order chi connectivity index (χ0) is 13.3. The third kappa shape index (κ3) is 5.14. The maximum atomic E-state index is 5.56. The molecule has 102 valence electrons. The normalized spacial score (nSPS) is 10.6. The first-order valence-electron chi connectivity index (χ1n) is 6.51. The molecular weight excluding hydrogens is 242 g/mol. The van der Waals surface area contributed by atoms with Gasteiger partial charge in [0.1, 0.15) is 18.6 Å². The molecule has 4 heteroatoms. The number of nitrogens with zero attached hydrogens (tertiary/aromatic N) is 1. The van der Waals surface area contributed by atoms with E-state index < -0.39 is 0 Å². The van der Waals surface area contributed by atoms with E-state index in [0.717, 1.165) is 24.3 Å². The largest absolute Gasteiger partial charge is 0.491 e. The van der Waals surface area contributed by atoms with Crippen LogP contribution in [0.25, 0.3) is 0 Å². The molecule has 0 bridgehead atoms. The van der Waals surface area contributed by atoms with Crippen LogP contribution in [0.2, 0.25) is 0 Å². The van der Waals surface area contributed by atoms with E-state index in [1.54, 1.807) is 6.26 Å². The van der Waals surface area contributed by atoms with E-state index in [-0.39, 0.29) is 0 Å². The summed E-state index contributed by atoms with van der Waals surface area (Å²) in [5, 5.41) is 3.84. The van der Waals surface area contributed by atoms with Crippen LogP contribution in [0.1, 0.15) is 17.7 Å². The van der Waals surface area contributed by atoms with Crippen LogP contribution in [0.4, 0.5) is 0 Å². The van der Waals surface area contributed by atoms with Crippen LogP contribution in [-0.4, -0.2) is 25.0 Å². The van der Waals surface area contributed by atoms with Gasteiger partial charge in [0.05, 0.1) is 12.3 Å². The van der Waals surface area contributed by atoms with Gasteiger partial charge in [0.15, 0.2) is 0 Å². The number of rotatable bonds is 8. The molecule has 1 aromatic carbocycles. The molecule has 0 saturated carbocycles. The van der Waals surface area contributed by atoms with Gasteiger partial charge >= 0.3 is 0 Å². The topological polar surface area (TPSA) is 44.5 Å². The highest BCUT2D eigenvalue weighted by molar-refractivity contribution is 5.26. The fourth-order valence-electron chi connectivity index (χ4n) is 1.68. The summed E-state index contributed by atoms with van der Waals surface area (Å²) in [7, 11) is 0. The Bertz CT molecular complexity index is 451. The van der Waals surface area contributed by atoms with Crippen molar-refractivity contribution in [3.63, 3.8) is 0 Å². The van der Waals surface area contributed by atoms with Gasteiger partial charge in [0.2, 0.25) is 0 Å². The van der Waals surface area contributed by atoms with Crippen molar-refractivity contribution >= 4 is 0 Å². The molecule has 4 nitrogen and oxygen atoms in total. The standard InChI is InChI=1S/C15H19NO3/c1-13-4-6-15(7-5-13)18-12-11-17-9-2-3-14-8-10-19-16-14/h4-8,10H,2-3,9,11-12H2,1H3. The molecule has 0 saturated heterocycles. The first-order valence-corrected chi connectivity index (χ1v) is 6.51. The Morgan fingerprint density at radius 3 is 2.63 bits per heavy atom. The Labute approximate surface area is 113 Å². The number of ether oxygens (including phenoxy) is 2. The van der Waals surface area contributed by atoms with Crippen LogP contribution in [0.3, 0.4) is 0 Å². The molecule has 0 aliphatic rings. The third-order valence-corrected chi connectivity index (χ3v) is 2.73. The van der Waals surface area contributed by atoms with Crippen molar-refractivity contribution < 1.29 is 14.0 Å². The van der Waals surface area contributed by atoms with Gasteiger partial charge in [-0.05, 0) is 31.9 Å². The van der Waals surface area contributed by atoms with Crippen molar-refractivity contribution in [3.05, 3.63) is 47.9 Å². The molecule has 0 fully saturated rings. The number of aromatic nitrogens is 1. The smallest absolute Gasteiger partial charge is 0.124 e. The predicted octanol–water partition coefficient (Wildman–Crippen LogP) is 3.01. The summed E-state index contributed by atoms with van der Waals surface area (Å²) in [5.74, 6) is 0.886. The van der Waals surface area contributed by atoms with Crippen LogP contribution in [-0.2, 0) is 11.2 Å². The Morgan fingerprint density at radius 1 is 1.05 bits per heavy atom. The fourth-order valence-corrected chi connectivity index (χ4v) is 1.68. The lowest BCUT2D eigenvalue weighted by Gasteiger charge is -2.07. The molecule has 0 aliphatic carbocycles. The average molecular weight is 261 g/mol. The lowest BCUT2D eigenvalue weighted by Crippen LogP contribution is -2.08. The molecule has 0 unspecified atom stereocenters. The molecule has 0 radical (unpaired) electrons. The van der Waals surface area contributed by atoms with Crippen LogP contribution in [0.15, 0.2) is 41.1 Å². The minimum Gasteiger partial charge on any atom is -0.491 e. The molecule has 0 amide bonds. The molecule has 0 atom stereocenters. The van der Waals surface area contributed by atoms with Crippen molar-refractivity contribution in [2.24, 2.45) is 0 Å². The van der Waals surface area contributed by atoms with Crippen molar-refractivity contribution in [1.29, 1.82) is 0 Å². The molecule has 0 spiro atoms. The van der Waals surface area contributed by atoms with Crippen molar-refractivity contribution in [2.45, 2.75) is 19.8 Å². The van der Waals surface area contributed by atoms with Gasteiger partial charge in [0.25, 0.3) is 0 Å². The lowest BCUT2D eigenvalue weighted by atomic mass is 10.2. The zero-order valence-electron chi connectivity index (χ0n) is 11.2. The molecule has 1 aromatic heterocycles. The van der Waals surface area contributed by atoms with Gasteiger partial charge in [-0.2, -0.15) is 0 Å². The average Bonchev–Trinajstić information content (AvgIpc) is 2.93. The second-order valence-corrected chi connectivity index (χ2v) is 4.37. The fraction of sp³-hybridized carbons (Fsp3) is 0.400. The van der Waals surface area contributed by atoms with E-state index >= 15 is 0 Å². The molecule has 0 aliphatic heterocycles. The number of hydrogen-bond donors (Lipinski definition) is 0. The highest BCUT2D eigenvalue weighted by Gasteiger charge is 1.97. The maximum Gasteiger partial charge on any atom is 0.124 e. The van der Waals surface area contributed by atoms with Gasteiger partial charge in [0, 0.05) is 12.7 Å². The number of hydrogen-bond acceptors (Lipinski definition) is 4. The highest BCUT2D eigenvalue weighted by Crippen LogP contribution is 2.10. The van der Waals surface area contributed by atoms with Crippen LogP contribution in [0.5, 0.6) is 5.75 Å². The van der Waals surface area contributed by atoms with E-state index in [1.807, 2.05) is 30.3 Å². The van der Waals surface area contributed by atoms with Crippen molar-refractivity contribution in [3.8, 4) is 5.75 Å². The minimum absolute atomic E-state index is 0.576. The quantitative estimate of drug-likeness (QED) is 0.685. The summed E-state index contributed by atoms with van der Waals surface area (Å²) < 4.78 is 15.8. The van der Waals surface area contributed by atoms with Crippen LogP contribution >= 0.6 is 0 Å². The van der Waals surface area contributed by atoms with Crippen molar-refractivity contribution in [2.75, 3.05) is 19.8 Å². The van der Waals surface area contributed by atoms with Gasteiger partial charge < -0.3 is 14.0 Å². The van der Waals surface area contributed by atoms with Crippen molar-refractivity contribution in [1.82, 2.24) is 5.16 Å². The first-order chi connectivity index (χ1) is 9.34. The Morgan fingerprint density at radius 2 is 1.89 bits per heavy atom. The summed E-state index contributed by atoms with van der Waals surface area (Å²) in [6.45, 7) is 3.95. The molecular formula is C15H19NO3.